The zero-order valence-electron chi connectivity index (χ0n) is 10.5. The van der Waals surface area contributed by atoms with E-state index in [1.54, 1.807) is 12.1 Å². The van der Waals surface area contributed by atoms with Crippen LogP contribution in [0.2, 0.25) is 0 Å². The number of aryl methyl sites for hydroxylation is 2. The number of aliphatic hydroxyl groups excluding tert-OH is 1. The lowest BCUT2D eigenvalue weighted by Gasteiger charge is -2.04. The van der Waals surface area contributed by atoms with Gasteiger partial charge in [0, 0.05) is 0 Å². The molecule has 0 fully saturated rings. The Morgan fingerprint density at radius 1 is 0.789 bits per heavy atom. The number of aromatic carboxylic acids is 1. The van der Waals surface area contributed by atoms with E-state index in [0.717, 1.165) is 24.0 Å². The Morgan fingerprint density at radius 3 is 1.63 bits per heavy atom. The lowest BCUT2D eigenvalue weighted by atomic mass is 10.0. The standard InChI is InChI=1S/C16H16O3/c17-11-14-5-3-12(4-6-14)1-2-13-7-9-15(10-8-13)16(18)19/h3-10,17H,1-2,11H2,(H,18,19). The molecule has 19 heavy (non-hydrogen) atoms. The first-order valence-electron chi connectivity index (χ1n) is 6.20. The van der Waals surface area contributed by atoms with Crippen LogP contribution in [0.25, 0.3) is 0 Å². The molecule has 3 heteroatoms. The summed E-state index contributed by atoms with van der Waals surface area (Å²) in [4.78, 5) is 10.7. The van der Waals surface area contributed by atoms with Crippen LogP contribution in [0, 0.1) is 0 Å². The Hall–Kier alpha value is -2.13. The van der Waals surface area contributed by atoms with Crippen molar-refractivity contribution in [3.8, 4) is 0 Å². The molecule has 0 radical (unpaired) electrons. The molecule has 2 N–H and O–H groups in total. The lowest BCUT2D eigenvalue weighted by molar-refractivity contribution is 0.0697. The van der Waals surface area contributed by atoms with Gasteiger partial charge in [-0.25, -0.2) is 4.79 Å². The van der Waals surface area contributed by atoms with Crippen LogP contribution in [0.1, 0.15) is 27.0 Å². The fourth-order valence-electron chi connectivity index (χ4n) is 1.91. The van der Waals surface area contributed by atoms with Gasteiger partial charge in [0.2, 0.25) is 0 Å². The van der Waals surface area contributed by atoms with Crippen molar-refractivity contribution >= 4 is 5.97 Å². The predicted octanol–water partition coefficient (Wildman–Crippen LogP) is 2.66. The molecule has 0 aliphatic heterocycles. The minimum Gasteiger partial charge on any atom is -0.478 e. The van der Waals surface area contributed by atoms with Crippen LogP contribution < -0.4 is 0 Å². The van der Waals surface area contributed by atoms with Gasteiger partial charge in [-0.05, 0) is 41.7 Å². The topological polar surface area (TPSA) is 57.5 Å². The molecule has 2 aromatic carbocycles. The summed E-state index contributed by atoms with van der Waals surface area (Å²) in [6.07, 6.45) is 1.77. The first kappa shape index (κ1) is 13.3. The zero-order valence-corrected chi connectivity index (χ0v) is 10.5. The Labute approximate surface area is 112 Å². The number of rotatable bonds is 5. The first-order chi connectivity index (χ1) is 9.19. The number of hydrogen-bond acceptors (Lipinski definition) is 2. The third-order valence-electron chi connectivity index (χ3n) is 3.11. The van der Waals surface area contributed by atoms with Crippen LogP contribution in [-0.2, 0) is 19.4 Å². The molecule has 2 rings (SSSR count). The zero-order chi connectivity index (χ0) is 13.7. The molecule has 0 aliphatic carbocycles. The summed E-state index contributed by atoms with van der Waals surface area (Å²) in [5.41, 5.74) is 3.56. The largest absolute Gasteiger partial charge is 0.478 e. The van der Waals surface area contributed by atoms with E-state index in [1.165, 1.54) is 5.56 Å². The van der Waals surface area contributed by atoms with Crippen molar-refractivity contribution in [3.63, 3.8) is 0 Å². The van der Waals surface area contributed by atoms with Crippen molar-refractivity contribution in [2.24, 2.45) is 0 Å². The summed E-state index contributed by atoms with van der Waals surface area (Å²) < 4.78 is 0. The van der Waals surface area contributed by atoms with Crippen LogP contribution in [0.15, 0.2) is 48.5 Å². The van der Waals surface area contributed by atoms with E-state index in [0.29, 0.717) is 5.56 Å². The summed E-state index contributed by atoms with van der Waals surface area (Å²) in [7, 11) is 0. The Balaban J connectivity index is 1.95. The maximum atomic E-state index is 10.7. The summed E-state index contributed by atoms with van der Waals surface area (Å²) in [6, 6.07) is 14.8. The summed E-state index contributed by atoms with van der Waals surface area (Å²) in [5, 5.41) is 17.8. The molecule has 0 bridgehead atoms. The number of carboxylic acids is 1. The van der Waals surface area contributed by atoms with Crippen LogP contribution in [0.5, 0.6) is 0 Å². The number of benzene rings is 2. The van der Waals surface area contributed by atoms with Crippen LogP contribution in [0.3, 0.4) is 0 Å². The molecule has 0 atom stereocenters. The highest BCUT2D eigenvalue weighted by Crippen LogP contribution is 2.10. The molecule has 0 aliphatic rings. The number of aliphatic hydroxyl groups is 1. The highest BCUT2D eigenvalue weighted by Gasteiger charge is 2.02. The van der Waals surface area contributed by atoms with E-state index < -0.39 is 5.97 Å². The van der Waals surface area contributed by atoms with Gasteiger partial charge in [-0.2, -0.15) is 0 Å². The highest BCUT2D eigenvalue weighted by molar-refractivity contribution is 5.87. The molecule has 0 saturated heterocycles. The van der Waals surface area contributed by atoms with Crippen molar-refractivity contribution in [1.29, 1.82) is 0 Å². The van der Waals surface area contributed by atoms with Gasteiger partial charge >= 0.3 is 5.97 Å². The van der Waals surface area contributed by atoms with E-state index in [1.807, 2.05) is 36.4 Å². The van der Waals surface area contributed by atoms with Crippen molar-refractivity contribution in [3.05, 3.63) is 70.8 Å². The first-order valence-corrected chi connectivity index (χ1v) is 6.20. The number of hydrogen-bond donors (Lipinski definition) is 2. The van der Waals surface area contributed by atoms with Gasteiger partial charge in [0.1, 0.15) is 0 Å². The molecule has 0 unspecified atom stereocenters. The Bertz CT molecular complexity index is 541. The van der Waals surface area contributed by atoms with Crippen LogP contribution >= 0.6 is 0 Å². The predicted molar refractivity (Wildman–Crippen MR) is 73.2 cm³/mol. The Kier molecular flexibility index (Phi) is 4.31. The second-order valence-electron chi connectivity index (χ2n) is 4.48. The van der Waals surface area contributed by atoms with Gasteiger partial charge in [0.25, 0.3) is 0 Å². The third kappa shape index (κ3) is 3.66. The van der Waals surface area contributed by atoms with E-state index >= 15 is 0 Å². The van der Waals surface area contributed by atoms with Crippen molar-refractivity contribution in [2.45, 2.75) is 19.4 Å². The molecular weight excluding hydrogens is 240 g/mol. The number of carboxylic acid groups (broad SMARTS) is 1. The normalized spacial score (nSPS) is 10.4. The summed E-state index contributed by atoms with van der Waals surface area (Å²) in [5.74, 6) is -0.897. The average Bonchev–Trinajstić information content (AvgIpc) is 2.46. The molecular formula is C16H16O3. The molecule has 0 saturated carbocycles. The molecule has 0 aromatic heterocycles. The second kappa shape index (κ2) is 6.16. The van der Waals surface area contributed by atoms with Crippen molar-refractivity contribution < 1.29 is 15.0 Å². The van der Waals surface area contributed by atoms with Gasteiger partial charge < -0.3 is 10.2 Å². The SMILES string of the molecule is O=C(O)c1ccc(CCc2ccc(CO)cc2)cc1. The molecule has 98 valence electrons. The lowest BCUT2D eigenvalue weighted by Crippen LogP contribution is -1.97. The van der Waals surface area contributed by atoms with Crippen LogP contribution in [0.4, 0.5) is 0 Å². The van der Waals surface area contributed by atoms with Gasteiger partial charge in [0.15, 0.2) is 0 Å². The maximum Gasteiger partial charge on any atom is 0.335 e. The average molecular weight is 256 g/mol. The fourth-order valence-corrected chi connectivity index (χ4v) is 1.91. The third-order valence-corrected chi connectivity index (χ3v) is 3.11. The molecule has 0 heterocycles. The minimum atomic E-state index is -0.897. The highest BCUT2D eigenvalue weighted by atomic mass is 16.4. The molecule has 0 spiro atoms. The fraction of sp³-hybridized carbons (Fsp3) is 0.188. The van der Waals surface area contributed by atoms with E-state index in [-0.39, 0.29) is 6.61 Å². The van der Waals surface area contributed by atoms with Crippen molar-refractivity contribution in [1.82, 2.24) is 0 Å². The molecule has 3 nitrogen and oxygen atoms in total. The van der Waals surface area contributed by atoms with Gasteiger partial charge in [-0.1, -0.05) is 36.4 Å². The molecule has 2 aromatic rings. The summed E-state index contributed by atoms with van der Waals surface area (Å²) >= 11 is 0. The van der Waals surface area contributed by atoms with E-state index in [9.17, 15) is 4.79 Å². The van der Waals surface area contributed by atoms with E-state index in [2.05, 4.69) is 0 Å². The Morgan fingerprint density at radius 2 is 1.21 bits per heavy atom. The minimum absolute atomic E-state index is 0.0664. The van der Waals surface area contributed by atoms with Gasteiger partial charge in [-0.3, -0.25) is 0 Å². The summed E-state index contributed by atoms with van der Waals surface area (Å²) in [6.45, 7) is 0.0664. The van der Waals surface area contributed by atoms with Gasteiger partial charge in [0.05, 0.1) is 12.2 Å². The van der Waals surface area contributed by atoms with Gasteiger partial charge in [-0.15, -0.1) is 0 Å². The second-order valence-corrected chi connectivity index (χ2v) is 4.48. The van der Waals surface area contributed by atoms with Crippen LogP contribution in [-0.4, -0.2) is 16.2 Å². The van der Waals surface area contributed by atoms with E-state index in [4.69, 9.17) is 10.2 Å². The smallest absolute Gasteiger partial charge is 0.335 e. The monoisotopic (exact) mass is 256 g/mol. The maximum absolute atomic E-state index is 10.7. The quantitative estimate of drug-likeness (QED) is 0.864. The van der Waals surface area contributed by atoms with Crippen molar-refractivity contribution in [2.75, 3.05) is 0 Å². The molecule has 0 amide bonds. The number of carbonyl (C=O) groups is 1.